The molecule has 4 nitrogen and oxygen atoms in total. The summed E-state index contributed by atoms with van der Waals surface area (Å²) in [6.07, 6.45) is 2.15. The molecule has 112 valence electrons. The molecule has 0 aliphatic carbocycles. The van der Waals surface area contributed by atoms with E-state index in [0.717, 1.165) is 19.4 Å². The molecular formula is C15H30N2O2. The fourth-order valence-electron chi connectivity index (χ4n) is 2.43. The van der Waals surface area contributed by atoms with Gasteiger partial charge in [-0.2, -0.15) is 0 Å². The van der Waals surface area contributed by atoms with E-state index >= 15 is 0 Å². The highest BCUT2D eigenvalue weighted by atomic mass is 16.5. The lowest BCUT2D eigenvalue weighted by Crippen LogP contribution is -2.39. The van der Waals surface area contributed by atoms with E-state index in [1.165, 1.54) is 0 Å². The van der Waals surface area contributed by atoms with Crippen molar-refractivity contribution in [2.45, 2.75) is 59.7 Å². The molecule has 1 saturated heterocycles. The van der Waals surface area contributed by atoms with Crippen LogP contribution in [0.25, 0.3) is 0 Å². The summed E-state index contributed by atoms with van der Waals surface area (Å²) in [5.74, 6) is 1.18. The van der Waals surface area contributed by atoms with Gasteiger partial charge >= 0.3 is 0 Å². The molecule has 0 aromatic heterocycles. The second kappa shape index (κ2) is 7.85. The Morgan fingerprint density at radius 3 is 2.53 bits per heavy atom. The molecule has 3 unspecified atom stereocenters. The molecule has 1 N–H and O–H groups in total. The molecule has 1 amide bonds. The first-order valence-electron chi connectivity index (χ1n) is 7.65. The standard InChI is InChI=1S/C15H30N2O2/c1-6-12(5)14-15(18)17(13(7-2)16-14)8-9-19-10-11(3)4/h11-14,16H,6-10H2,1-5H3. The Morgan fingerprint density at radius 1 is 1.32 bits per heavy atom. The summed E-state index contributed by atoms with van der Waals surface area (Å²) >= 11 is 0. The van der Waals surface area contributed by atoms with Crippen LogP contribution >= 0.6 is 0 Å². The number of rotatable bonds is 8. The average molecular weight is 270 g/mol. The zero-order chi connectivity index (χ0) is 14.4. The van der Waals surface area contributed by atoms with Crippen LogP contribution in [0.15, 0.2) is 0 Å². The minimum Gasteiger partial charge on any atom is -0.379 e. The molecular weight excluding hydrogens is 240 g/mol. The monoisotopic (exact) mass is 270 g/mol. The van der Waals surface area contributed by atoms with Crippen LogP contribution in [0.1, 0.15) is 47.5 Å². The Bertz CT molecular complexity index is 281. The van der Waals surface area contributed by atoms with E-state index in [-0.39, 0.29) is 18.1 Å². The maximum Gasteiger partial charge on any atom is 0.241 e. The summed E-state index contributed by atoms with van der Waals surface area (Å²) in [6, 6.07) is -0.0138. The lowest BCUT2D eigenvalue weighted by atomic mass is 9.99. The molecule has 1 aliphatic heterocycles. The number of ether oxygens (including phenoxy) is 1. The lowest BCUT2D eigenvalue weighted by molar-refractivity contribution is -0.131. The number of carbonyl (C=O) groups is 1. The van der Waals surface area contributed by atoms with E-state index in [1.807, 2.05) is 4.90 Å². The summed E-state index contributed by atoms with van der Waals surface area (Å²) in [7, 11) is 0. The highest BCUT2D eigenvalue weighted by Gasteiger charge is 2.39. The van der Waals surface area contributed by atoms with E-state index in [2.05, 4.69) is 39.9 Å². The summed E-state index contributed by atoms with van der Waals surface area (Å²) in [5.41, 5.74) is 0. The normalized spacial score (nSPS) is 25.4. The van der Waals surface area contributed by atoms with Crippen LogP contribution in [-0.4, -0.2) is 42.8 Å². The van der Waals surface area contributed by atoms with Gasteiger partial charge in [0.15, 0.2) is 0 Å². The van der Waals surface area contributed by atoms with Gasteiger partial charge in [0.1, 0.15) is 0 Å². The van der Waals surface area contributed by atoms with E-state index in [0.29, 0.717) is 25.0 Å². The van der Waals surface area contributed by atoms with Crippen LogP contribution in [0.5, 0.6) is 0 Å². The predicted molar refractivity (Wildman–Crippen MR) is 77.8 cm³/mol. The van der Waals surface area contributed by atoms with Crippen molar-refractivity contribution in [1.82, 2.24) is 10.2 Å². The Morgan fingerprint density at radius 2 is 2.00 bits per heavy atom. The lowest BCUT2D eigenvalue weighted by Gasteiger charge is -2.23. The number of nitrogens with zero attached hydrogens (tertiary/aromatic N) is 1. The van der Waals surface area contributed by atoms with Crippen LogP contribution in [-0.2, 0) is 9.53 Å². The van der Waals surface area contributed by atoms with Gasteiger partial charge in [0.2, 0.25) is 5.91 Å². The molecule has 0 spiro atoms. The number of nitrogens with one attached hydrogen (secondary N) is 1. The average Bonchev–Trinajstić information content (AvgIpc) is 2.70. The zero-order valence-electron chi connectivity index (χ0n) is 13.1. The molecule has 0 radical (unpaired) electrons. The molecule has 1 fully saturated rings. The molecule has 0 bridgehead atoms. The predicted octanol–water partition coefficient (Wildman–Crippen LogP) is 2.24. The molecule has 0 aromatic carbocycles. The third-order valence-corrected chi connectivity index (χ3v) is 3.82. The number of amides is 1. The van der Waals surface area contributed by atoms with Crippen LogP contribution in [0.3, 0.4) is 0 Å². The Balaban J connectivity index is 2.48. The van der Waals surface area contributed by atoms with Crippen LogP contribution in [0.4, 0.5) is 0 Å². The summed E-state index contributed by atoms with van der Waals surface area (Å²) in [4.78, 5) is 14.4. The molecule has 0 aromatic rings. The molecule has 3 atom stereocenters. The highest BCUT2D eigenvalue weighted by molar-refractivity contribution is 5.84. The van der Waals surface area contributed by atoms with E-state index in [4.69, 9.17) is 4.74 Å². The van der Waals surface area contributed by atoms with Gasteiger partial charge in [-0.3, -0.25) is 10.1 Å². The van der Waals surface area contributed by atoms with E-state index in [1.54, 1.807) is 0 Å². The Kier molecular flexibility index (Phi) is 6.80. The highest BCUT2D eigenvalue weighted by Crippen LogP contribution is 2.20. The third kappa shape index (κ3) is 4.46. The SMILES string of the molecule is CCC(C)C1NC(CC)N(CCOCC(C)C)C1=O. The second-order valence-corrected chi connectivity index (χ2v) is 5.95. The summed E-state index contributed by atoms with van der Waals surface area (Å²) in [5, 5.41) is 3.46. The zero-order valence-corrected chi connectivity index (χ0v) is 13.1. The number of hydrogen-bond acceptors (Lipinski definition) is 3. The Hall–Kier alpha value is -0.610. The minimum absolute atomic E-state index is 0.0138. The van der Waals surface area contributed by atoms with Gasteiger partial charge in [-0.25, -0.2) is 0 Å². The third-order valence-electron chi connectivity index (χ3n) is 3.82. The topological polar surface area (TPSA) is 41.6 Å². The van der Waals surface area contributed by atoms with Crippen LogP contribution in [0.2, 0.25) is 0 Å². The van der Waals surface area contributed by atoms with Crippen molar-refractivity contribution in [3.8, 4) is 0 Å². The summed E-state index contributed by atoms with van der Waals surface area (Å²) in [6.45, 7) is 12.8. The van der Waals surface area contributed by atoms with Gasteiger partial charge < -0.3 is 9.64 Å². The van der Waals surface area contributed by atoms with Crippen LogP contribution < -0.4 is 5.32 Å². The largest absolute Gasteiger partial charge is 0.379 e. The molecule has 19 heavy (non-hydrogen) atoms. The van der Waals surface area contributed by atoms with Gasteiger partial charge in [-0.1, -0.05) is 41.0 Å². The van der Waals surface area contributed by atoms with E-state index < -0.39 is 0 Å². The van der Waals surface area contributed by atoms with Gasteiger partial charge in [0.25, 0.3) is 0 Å². The fourth-order valence-corrected chi connectivity index (χ4v) is 2.43. The van der Waals surface area contributed by atoms with Crippen molar-refractivity contribution in [3.05, 3.63) is 0 Å². The minimum atomic E-state index is -0.0138. The number of carbonyl (C=O) groups excluding carboxylic acids is 1. The first-order valence-corrected chi connectivity index (χ1v) is 7.65. The first kappa shape index (κ1) is 16.4. The van der Waals surface area contributed by atoms with Gasteiger partial charge in [0, 0.05) is 13.2 Å². The van der Waals surface area contributed by atoms with E-state index in [9.17, 15) is 4.79 Å². The van der Waals surface area contributed by atoms with Gasteiger partial charge in [-0.05, 0) is 18.3 Å². The number of hydrogen-bond donors (Lipinski definition) is 1. The fraction of sp³-hybridized carbons (Fsp3) is 0.933. The van der Waals surface area contributed by atoms with Gasteiger partial charge in [0.05, 0.1) is 18.8 Å². The smallest absolute Gasteiger partial charge is 0.241 e. The second-order valence-electron chi connectivity index (χ2n) is 5.95. The first-order chi connectivity index (χ1) is 9.01. The molecule has 1 heterocycles. The van der Waals surface area contributed by atoms with Gasteiger partial charge in [-0.15, -0.1) is 0 Å². The van der Waals surface area contributed by atoms with Crippen molar-refractivity contribution in [1.29, 1.82) is 0 Å². The van der Waals surface area contributed by atoms with Crippen LogP contribution in [0, 0.1) is 11.8 Å². The van der Waals surface area contributed by atoms with Crippen molar-refractivity contribution < 1.29 is 9.53 Å². The molecule has 4 heteroatoms. The summed E-state index contributed by atoms with van der Waals surface area (Å²) < 4.78 is 5.60. The molecule has 1 rings (SSSR count). The van der Waals surface area contributed by atoms with Crippen molar-refractivity contribution in [2.24, 2.45) is 11.8 Å². The maximum atomic E-state index is 12.4. The van der Waals surface area contributed by atoms with Crippen molar-refractivity contribution >= 4 is 5.91 Å². The molecule has 0 saturated carbocycles. The van der Waals surface area contributed by atoms with Crippen molar-refractivity contribution in [2.75, 3.05) is 19.8 Å². The maximum absolute atomic E-state index is 12.4. The Labute approximate surface area is 117 Å². The quantitative estimate of drug-likeness (QED) is 0.688. The van der Waals surface area contributed by atoms with Crippen molar-refractivity contribution in [3.63, 3.8) is 0 Å². The molecule has 1 aliphatic rings.